The number of unbranched alkanes of at least 4 members (excludes halogenated alkanes) is 2. The molecule has 2 aliphatic rings. The van der Waals surface area contributed by atoms with E-state index in [4.69, 9.17) is 18.9 Å². The Morgan fingerprint density at radius 1 is 0.724 bits per heavy atom. The van der Waals surface area contributed by atoms with Crippen molar-refractivity contribution in [1.29, 1.82) is 0 Å². The Balaban J connectivity index is 1.98. The van der Waals surface area contributed by atoms with Crippen molar-refractivity contribution in [3.05, 3.63) is 0 Å². The zero-order valence-corrected chi connectivity index (χ0v) is 17.7. The van der Waals surface area contributed by atoms with Crippen molar-refractivity contribution in [3.63, 3.8) is 0 Å². The molecule has 0 aromatic rings. The van der Waals surface area contributed by atoms with E-state index in [1.807, 2.05) is 0 Å². The lowest BCUT2D eigenvalue weighted by Gasteiger charge is -2.46. The quantitative estimate of drug-likeness (QED) is 0.131. The molecular weight excluding hydrogens is 428 g/mol. The standard InChI is InChI=1S/C17H32O10S2/c18-6-8-15(27-17-13(22)11(20)10(19)9(7-29)26-17)12(21)14(23)16(25-8)24-4-2-1-3-5-28/h8-23,28-29H,1-7H2/t8?,9?,10-,11?,12+,13-,14?,15-,16+,17-/m0/s1. The minimum atomic E-state index is -1.62. The van der Waals surface area contributed by atoms with Gasteiger partial charge in [-0.1, -0.05) is 6.42 Å². The summed E-state index contributed by atoms with van der Waals surface area (Å²) in [4.78, 5) is 0. The van der Waals surface area contributed by atoms with Crippen LogP contribution in [-0.4, -0.2) is 117 Å². The van der Waals surface area contributed by atoms with Crippen molar-refractivity contribution in [2.24, 2.45) is 0 Å². The normalized spacial score (nSPS) is 43.4. The van der Waals surface area contributed by atoms with Crippen molar-refractivity contribution < 1.29 is 49.6 Å². The molecule has 0 aromatic heterocycles. The average molecular weight is 461 g/mol. The van der Waals surface area contributed by atoms with Crippen LogP contribution in [0, 0.1) is 0 Å². The third-order valence-electron chi connectivity index (χ3n) is 5.04. The van der Waals surface area contributed by atoms with E-state index in [1.165, 1.54) is 0 Å². The first kappa shape index (κ1) is 25.6. The lowest BCUT2D eigenvalue weighted by atomic mass is 9.97. The molecule has 172 valence electrons. The Labute approximate surface area is 180 Å². The summed E-state index contributed by atoms with van der Waals surface area (Å²) in [6.45, 7) is -0.262. The molecule has 2 heterocycles. The molecule has 2 fully saturated rings. The Morgan fingerprint density at radius 3 is 2.00 bits per heavy atom. The van der Waals surface area contributed by atoms with E-state index in [1.54, 1.807) is 0 Å². The van der Waals surface area contributed by atoms with E-state index in [2.05, 4.69) is 25.3 Å². The van der Waals surface area contributed by atoms with Crippen molar-refractivity contribution in [1.82, 2.24) is 0 Å². The minimum absolute atomic E-state index is 0.0454. The fraction of sp³-hybridized carbons (Fsp3) is 1.00. The molecule has 29 heavy (non-hydrogen) atoms. The largest absolute Gasteiger partial charge is 0.394 e. The first-order valence-electron chi connectivity index (χ1n) is 9.66. The van der Waals surface area contributed by atoms with Crippen LogP contribution >= 0.6 is 25.3 Å². The molecule has 2 saturated heterocycles. The van der Waals surface area contributed by atoms with Crippen molar-refractivity contribution in [2.45, 2.75) is 80.7 Å². The predicted molar refractivity (Wildman–Crippen MR) is 107 cm³/mol. The highest BCUT2D eigenvalue weighted by molar-refractivity contribution is 7.80. The molecule has 0 saturated carbocycles. The molecule has 10 nitrogen and oxygen atoms in total. The Hall–Kier alpha value is 0.300. The zero-order valence-electron chi connectivity index (χ0n) is 15.9. The van der Waals surface area contributed by atoms with E-state index < -0.39 is 68.0 Å². The maximum atomic E-state index is 10.5. The van der Waals surface area contributed by atoms with Crippen molar-refractivity contribution in [2.75, 3.05) is 24.7 Å². The third kappa shape index (κ3) is 6.40. The number of ether oxygens (including phenoxy) is 4. The van der Waals surface area contributed by atoms with Crippen LogP contribution in [0.3, 0.4) is 0 Å². The summed E-state index contributed by atoms with van der Waals surface area (Å²) in [5, 5.41) is 60.5. The molecule has 2 aliphatic heterocycles. The Morgan fingerprint density at radius 2 is 1.38 bits per heavy atom. The van der Waals surface area contributed by atoms with Crippen LogP contribution in [0.2, 0.25) is 0 Å². The van der Waals surface area contributed by atoms with E-state index in [0.29, 0.717) is 6.61 Å². The van der Waals surface area contributed by atoms with Gasteiger partial charge in [-0.25, -0.2) is 0 Å². The first-order chi connectivity index (χ1) is 13.8. The van der Waals surface area contributed by atoms with Crippen LogP contribution in [0.15, 0.2) is 0 Å². The molecule has 0 aliphatic carbocycles. The molecule has 0 bridgehead atoms. The maximum Gasteiger partial charge on any atom is 0.187 e. The summed E-state index contributed by atoms with van der Waals surface area (Å²) in [6.07, 6.45) is -10.9. The summed E-state index contributed by atoms with van der Waals surface area (Å²) in [7, 11) is 0. The second kappa shape index (κ2) is 12.4. The maximum absolute atomic E-state index is 10.5. The third-order valence-corrected chi connectivity index (χ3v) is 5.72. The van der Waals surface area contributed by atoms with Gasteiger partial charge < -0.3 is 49.6 Å². The van der Waals surface area contributed by atoms with Crippen LogP contribution in [0.25, 0.3) is 0 Å². The van der Waals surface area contributed by atoms with Crippen molar-refractivity contribution in [3.8, 4) is 0 Å². The molecule has 6 N–H and O–H groups in total. The Kier molecular flexibility index (Phi) is 10.9. The number of aliphatic hydroxyl groups excluding tert-OH is 6. The van der Waals surface area contributed by atoms with Crippen LogP contribution < -0.4 is 0 Å². The number of hydrogen-bond donors (Lipinski definition) is 8. The Bertz CT molecular complexity index is 471. The minimum Gasteiger partial charge on any atom is -0.394 e. The average Bonchev–Trinajstić information content (AvgIpc) is 2.72. The van der Waals surface area contributed by atoms with Crippen LogP contribution in [-0.2, 0) is 18.9 Å². The van der Waals surface area contributed by atoms with Crippen LogP contribution in [0.4, 0.5) is 0 Å². The number of rotatable bonds is 10. The molecule has 0 radical (unpaired) electrons. The molecule has 2 rings (SSSR count). The van der Waals surface area contributed by atoms with E-state index in [0.717, 1.165) is 25.0 Å². The topological polar surface area (TPSA) is 158 Å². The summed E-state index contributed by atoms with van der Waals surface area (Å²) >= 11 is 8.15. The second-order valence-electron chi connectivity index (χ2n) is 7.16. The highest BCUT2D eigenvalue weighted by atomic mass is 32.1. The summed E-state index contributed by atoms with van der Waals surface area (Å²) < 4.78 is 22.0. The number of aliphatic hydroxyl groups is 6. The second-order valence-corrected chi connectivity index (χ2v) is 7.97. The summed E-state index contributed by atoms with van der Waals surface area (Å²) in [5.41, 5.74) is 0. The van der Waals surface area contributed by atoms with Gasteiger partial charge in [0, 0.05) is 12.4 Å². The smallest absolute Gasteiger partial charge is 0.187 e. The molecule has 4 unspecified atom stereocenters. The van der Waals surface area contributed by atoms with Crippen LogP contribution in [0.5, 0.6) is 0 Å². The monoisotopic (exact) mass is 460 g/mol. The van der Waals surface area contributed by atoms with Gasteiger partial charge in [0.2, 0.25) is 0 Å². The van der Waals surface area contributed by atoms with Gasteiger partial charge in [-0.3, -0.25) is 0 Å². The van der Waals surface area contributed by atoms with Crippen molar-refractivity contribution >= 4 is 25.3 Å². The van der Waals surface area contributed by atoms with Gasteiger partial charge in [0.25, 0.3) is 0 Å². The highest BCUT2D eigenvalue weighted by Crippen LogP contribution is 2.29. The zero-order chi connectivity index (χ0) is 21.6. The first-order valence-corrected chi connectivity index (χ1v) is 10.9. The fourth-order valence-electron chi connectivity index (χ4n) is 3.28. The molecule has 0 amide bonds. The van der Waals surface area contributed by atoms with Gasteiger partial charge in [-0.2, -0.15) is 25.3 Å². The summed E-state index contributed by atoms with van der Waals surface area (Å²) in [5.74, 6) is 0.811. The van der Waals surface area contributed by atoms with Gasteiger partial charge in [0.05, 0.1) is 12.7 Å². The van der Waals surface area contributed by atoms with Gasteiger partial charge >= 0.3 is 0 Å². The molecule has 0 aromatic carbocycles. The van der Waals surface area contributed by atoms with E-state index in [-0.39, 0.29) is 5.75 Å². The molecule has 10 atom stereocenters. The fourth-order valence-corrected chi connectivity index (χ4v) is 3.81. The van der Waals surface area contributed by atoms with Gasteiger partial charge in [0.1, 0.15) is 42.7 Å². The summed E-state index contributed by atoms with van der Waals surface area (Å²) in [6, 6.07) is 0. The van der Waals surface area contributed by atoms with E-state index >= 15 is 0 Å². The molecular formula is C17H32O10S2. The molecule has 12 heteroatoms. The highest BCUT2D eigenvalue weighted by Gasteiger charge is 2.50. The van der Waals surface area contributed by atoms with Gasteiger partial charge in [-0.05, 0) is 18.6 Å². The predicted octanol–water partition coefficient (Wildman–Crippen LogP) is -2.34. The number of hydrogen-bond acceptors (Lipinski definition) is 12. The van der Waals surface area contributed by atoms with Gasteiger partial charge in [0.15, 0.2) is 12.6 Å². The van der Waals surface area contributed by atoms with E-state index in [9.17, 15) is 30.6 Å². The molecule has 0 spiro atoms. The SMILES string of the molecule is OCC1O[C@@H](OCCCCCS)C(O)[C@@H](O)[C@H]1O[C@@H]1OC(CS)[C@H](O)C(O)[C@@H]1O. The lowest BCUT2D eigenvalue weighted by Crippen LogP contribution is -2.64. The van der Waals surface area contributed by atoms with Gasteiger partial charge in [-0.15, -0.1) is 0 Å². The van der Waals surface area contributed by atoms with Crippen LogP contribution in [0.1, 0.15) is 19.3 Å². The number of thiol groups is 2. The lowest BCUT2D eigenvalue weighted by molar-refractivity contribution is -0.356.